The number of carbonyl (C=O) groups excluding carboxylic acids is 1. The first-order chi connectivity index (χ1) is 15.1. The fourth-order valence-electron chi connectivity index (χ4n) is 3.83. The lowest BCUT2D eigenvalue weighted by molar-refractivity contribution is -0.138. The Morgan fingerprint density at radius 1 is 1.22 bits per heavy atom. The van der Waals surface area contributed by atoms with Crippen molar-refractivity contribution in [3.8, 4) is 0 Å². The molecule has 0 radical (unpaired) electrons. The number of aliphatic carboxylic acids is 1. The summed E-state index contributed by atoms with van der Waals surface area (Å²) in [7, 11) is 0. The number of carbonyl (C=O) groups is 2. The number of carboxylic acids is 1. The molecule has 0 aliphatic heterocycles. The summed E-state index contributed by atoms with van der Waals surface area (Å²) >= 11 is 2.55. The van der Waals surface area contributed by atoms with Crippen molar-refractivity contribution in [3.05, 3.63) is 41.6 Å². The average Bonchev–Trinajstić information content (AvgIpc) is 3.16. The first-order valence-corrected chi connectivity index (χ1v) is 12.8. The van der Waals surface area contributed by atoms with Gasteiger partial charge in [0.05, 0.1) is 10.4 Å². The molecule has 0 spiro atoms. The van der Waals surface area contributed by atoms with Gasteiger partial charge in [0.25, 0.3) is 0 Å². The van der Waals surface area contributed by atoms with Crippen LogP contribution in [0.1, 0.15) is 57.6 Å². The molecule has 0 atom stereocenters. The van der Waals surface area contributed by atoms with Gasteiger partial charge in [-0.1, -0.05) is 59.9 Å². The number of nitrogens with one attached hydrogen (secondary N) is 1. The fraction of sp³-hybridized carbons (Fsp3) is 0.542. The number of aryl methyl sites for hydroxylation is 1. The van der Waals surface area contributed by atoms with Gasteiger partial charge in [0.15, 0.2) is 5.13 Å². The fourth-order valence-corrected chi connectivity index (χ4v) is 6.09. The number of rotatable bonds is 8. The Morgan fingerprint density at radius 2 is 1.88 bits per heavy atom. The summed E-state index contributed by atoms with van der Waals surface area (Å²) in [6.45, 7) is 8.34. The third-order valence-corrected chi connectivity index (χ3v) is 8.22. The summed E-state index contributed by atoms with van der Waals surface area (Å²) in [6, 6.07) is 8.58. The van der Waals surface area contributed by atoms with Gasteiger partial charge in [0, 0.05) is 12.6 Å². The van der Waals surface area contributed by atoms with E-state index in [0.717, 1.165) is 36.3 Å². The van der Waals surface area contributed by atoms with Gasteiger partial charge >= 0.3 is 12.0 Å². The highest BCUT2D eigenvalue weighted by Crippen LogP contribution is 2.37. The Bertz CT molecular complexity index is 919. The van der Waals surface area contributed by atoms with Crippen molar-refractivity contribution >= 4 is 40.2 Å². The zero-order valence-electron chi connectivity index (χ0n) is 19.3. The van der Waals surface area contributed by atoms with Gasteiger partial charge in [-0.15, -0.1) is 0 Å². The van der Waals surface area contributed by atoms with Crippen LogP contribution in [-0.2, 0) is 11.2 Å². The zero-order valence-corrected chi connectivity index (χ0v) is 20.9. The van der Waals surface area contributed by atoms with E-state index >= 15 is 0 Å². The van der Waals surface area contributed by atoms with Crippen LogP contribution in [0.3, 0.4) is 0 Å². The van der Waals surface area contributed by atoms with Crippen molar-refractivity contribution < 1.29 is 14.7 Å². The van der Waals surface area contributed by atoms with E-state index in [9.17, 15) is 14.7 Å². The van der Waals surface area contributed by atoms with Crippen LogP contribution in [0, 0.1) is 12.8 Å². The van der Waals surface area contributed by atoms with Gasteiger partial charge in [-0.25, -0.2) is 9.78 Å². The molecule has 1 aromatic heterocycles. The van der Waals surface area contributed by atoms with Crippen molar-refractivity contribution in [2.75, 3.05) is 11.9 Å². The molecule has 174 valence electrons. The number of anilines is 1. The van der Waals surface area contributed by atoms with Gasteiger partial charge < -0.3 is 10.0 Å². The standard InChI is InChI=1S/C24H33N3O3S2/c1-16-5-9-18(10-6-16)13-14-27(19-11-7-17(2)8-12-19)23(30)26-22-25-15-20(31-22)32-24(3,4)21(28)29/h5-6,9-10,15,17,19H,7-8,11-14H2,1-4H3,(H,28,29)(H,25,26,30)/t17-,19-. The Morgan fingerprint density at radius 3 is 2.50 bits per heavy atom. The number of amides is 2. The van der Waals surface area contributed by atoms with Crippen LogP contribution in [0.2, 0.25) is 0 Å². The summed E-state index contributed by atoms with van der Waals surface area (Å²) in [6.07, 6.45) is 6.77. The van der Waals surface area contributed by atoms with Crippen LogP contribution in [0.4, 0.5) is 9.93 Å². The number of thioether (sulfide) groups is 1. The number of hydrogen-bond acceptors (Lipinski definition) is 5. The third kappa shape index (κ3) is 6.72. The summed E-state index contributed by atoms with van der Waals surface area (Å²) in [5.41, 5.74) is 2.45. The summed E-state index contributed by atoms with van der Waals surface area (Å²) in [5, 5.41) is 12.8. The van der Waals surface area contributed by atoms with Crippen LogP contribution >= 0.6 is 23.1 Å². The second kappa shape index (κ2) is 10.7. The van der Waals surface area contributed by atoms with E-state index in [4.69, 9.17) is 0 Å². The first-order valence-electron chi connectivity index (χ1n) is 11.2. The van der Waals surface area contributed by atoms with Gasteiger partial charge in [0.2, 0.25) is 0 Å². The molecule has 8 heteroatoms. The average molecular weight is 476 g/mol. The lowest BCUT2D eigenvalue weighted by Crippen LogP contribution is -2.45. The second-order valence-corrected chi connectivity index (χ2v) is 12.1. The minimum absolute atomic E-state index is 0.125. The molecule has 6 nitrogen and oxygen atoms in total. The number of aromatic nitrogens is 1. The first kappa shape index (κ1) is 24.6. The molecule has 1 fully saturated rings. The van der Waals surface area contributed by atoms with E-state index in [0.29, 0.717) is 17.6 Å². The second-order valence-electron chi connectivity index (χ2n) is 9.17. The molecule has 0 bridgehead atoms. The lowest BCUT2D eigenvalue weighted by Gasteiger charge is -2.36. The van der Waals surface area contributed by atoms with Crippen molar-refractivity contribution in [2.45, 2.75) is 74.8 Å². The molecule has 1 aliphatic carbocycles. The van der Waals surface area contributed by atoms with Gasteiger partial charge in [-0.3, -0.25) is 10.1 Å². The predicted molar refractivity (Wildman–Crippen MR) is 132 cm³/mol. The normalized spacial score (nSPS) is 18.9. The molecule has 1 aliphatic rings. The third-order valence-electron chi connectivity index (χ3n) is 6.02. The van der Waals surface area contributed by atoms with Gasteiger partial charge in [-0.05, 0) is 64.4 Å². The smallest absolute Gasteiger partial charge is 0.323 e. The maximum Gasteiger partial charge on any atom is 0.323 e. The van der Waals surface area contributed by atoms with Crippen LogP contribution in [-0.4, -0.2) is 44.3 Å². The van der Waals surface area contributed by atoms with Gasteiger partial charge in [-0.2, -0.15) is 0 Å². The molecule has 0 saturated heterocycles. The molecule has 2 aromatic rings. The van der Waals surface area contributed by atoms with Crippen LogP contribution in [0.15, 0.2) is 34.7 Å². The Labute approximate surface area is 198 Å². The molecular weight excluding hydrogens is 442 g/mol. The number of nitrogens with zero attached hydrogens (tertiary/aromatic N) is 2. The van der Waals surface area contributed by atoms with Gasteiger partial charge in [0.1, 0.15) is 4.75 Å². The predicted octanol–water partition coefficient (Wildman–Crippen LogP) is 6.06. The van der Waals surface area contributed by atoms with Crippen molar-refractivity contribution in [1.82, 2.24) is 9.88 Å². The molecule has 1 aromatic carbocycles. The number of thiazole rings is 1. The molecule has 3 rings (SSSR count). The van der Waals surface area contributed by atoms with Crippen LogP contribution in [0.25, 0.3) is 0 Å². The summed E-state index contributed by atoms with van der Waals surface area (Å²) < 4.78 is -0.183. The quantitative estimate of drug-likeness (QED) is 0.453. The minimum atomic E-state index is -0.952. The van der Waals surface area contributed by atoms with E-state index < -0.39 is 10.7 Å². The molecule has 0 unspecified atom stereocenters. The largest absolute Gasteiger partial charge is 0.480 e. The monoisotopic (exact) mass is 475 g/mol. The van der Waals surface area contributed by atoms with Crippen LogP contribution in [0.5, 0.6) is 0 Å². The number of hydrogen-bond donors (Lipinski definition) is 2. The van der Waals surface area contributed by atoms with Crippen molar-refractivity contribution in [2.24, 2.45) is 5.92 Å². The zero-order chi connectivity index (χ0) is 23.3. The highest BCUT2D eigenvalue weighted by atomic mass is 32.2. The minimum Gasteiger partial charge on any atom is -0.480 e. The highest BCUT2D eigenvalue weighted by molar-refractivity contribution is 8.03. The highest BCUT2D eigenvalue weighted by Gasteiger charge is 2.30. The Hall–Kier alpha value is -2.06. The van der Waals surface area contributed by atoms with E-state index in [-0.39, 0.29) is 12.1 Å². The number of urea groups is 1. The summed E-state index contributed by atoms with van der Waals surface area (Å²) in [5.74, 6) is -0.167. The topological polar surface area (TPSA) is 82.5 Å². The van der Waals surface area contributed by atoms with E-state index in [1.54, 1.807) is 20.0 Å². The molecule has 32 heavy (non-hydrogen) atoms. The van der Waals surface area contributed by atoms with E-state index in [1.165, 1.54) is 34.2 Å². The number of benzene rings is 1. The molecule has 2 amide bonds. The SMILES string of the molecule is Cc1ccc(CCN(C(=O)Nc2ncc(SC(C)(C)C(=O)O)s2)[C@H]2CC[C@H](C)CC2)cc1. The van der Waals surface area contributed by atoms with E-state index in [2.05, 4.69) is 48.4 Å². The maximum absolute atomic E-state index is 13.3. The molecular formula is C24H33N3O3S2. The van der Waals surface area contributed by atoms with Crippen molar-refractivity contribution in [1.29, 1.82) is 0 Å². The maximum atomic E-state index is 13.3. The lowest BCUT2D eigenvalue weighted by atomic mass is 9.86. The van der Waals surface area contributed by atoms with E-state index in [1.807, 2.05) is 4.90 Å². The Balaban J connectivity index is 1.67. The van der Waals surface area contributed by atoms with Crippen molar-refractivity contribution in [3.63, 3.8) is 0 Å². The molecule has 1 heterocycles. The Kier molecular flexibility index (Phi) is 8.22. The molecule has 1 saturated carbocycles. The van der Waals surface area contributed by atoms with Crippen LogP contribution < -0.4 is 5.32 Å². The number of carboxylic acid groups (broad SMARTS) is 1. The molecule has 2 N–H and O–H groups in total. The summed E-state index contributed by atoms with van der Waals surface area (Å²) in [4.78, 5) is 30.9.